The summed E-state index contributed by atoms with van der Waals surface area (Å²) in [5, 5.41) is 15.0. The second-order valence-electron chi connectivity index (χ2n) is 7.91. The van der Waals surface area contributed by atoms with Gasteiger partial charge in [-0.2, -0.15) is 5.26 Å². The third-order valence-corrected chi connectivity index (χ3v) is 7.15. The van der Waals surface area contributed by atoms with Crippen molar-refractivity contribution in [3.8, 4) is 28.7 Å². The number of hydrogen-bond donors (Lipinski definition) is 1. The summed E-state index contributed by atoms with van der Waals surface area (Å²) in [6.45, 7) is 3.74. The Morgan fingerprint density at radius 1 is 1.09 bits per heavy atom. The van der Waals surface area contributed by atoms with Gasteiger partial charge in [0.2, 0.25) is 0 Å². The Kier molecular flexibility index (Phi) is 6.08. The van der Waals surface area contributed by atoms with E-state index in [1.807, 2.05) is 50.2 Å². The summed E-state index contributed by atoms with van der Waals surface area (Å²) in [5.41, 5.74) is 3.37. The minimum absolute atomic E-state index is 0.348. The standard InChI is InChI=1S/C27H17Cl2N3O2S/c1-14-7-10-24(34-14)23-12-19(17-5-3-4-6-22(17)31-23)26(33)32-27-20(13-30)25(15(2)35-27)18-9-8-16(28)11-21(18)29/h3-12H,1-2H3,(H,32,33). The molecule has 0 aliphatic heterocycles. The monoisotopic (exact) mass is 517 g/mol. The Labute approximate surface area is 215 Å². The minimum atomic E-state index is -0.348. The van der Waals surface area contributed by atoms with Crippen molar-refractivity contribution in [1.82, 2.24) is 4.98 Å². The zero-order chi connectivity index (χ0) is 24.7. The Balaban J connectivity index is 1.59. The first-order chi connectivity index (χ1) is 16.9. The number of halogens is 2. The molecule has 0 spiro atoms. The average molecular weight is 518 g/mol. The summed E-state index contributed by atoms with van der Waals surface area (Å²) < 4.78 is 5.74. The molecule has 8 heteroatoms. The van der Waals surface area contributed by atoms with Crippen LogP contribution in [0.15, 0.2) is 65.1 Å². The Morgan fingerprint density at radius 2 is 1.89 bits per heavy atom. The molecule has 172 valence electrons. The van der Waals surface area contributed by atoms with E-state index in [4.69, 9.17) is 27.6 Å². The number of aryl methyl sites for hydroxylation is 2. The van der Waals surface area contributed by atoms with Crippen molar-refractivity contribution in [3.63, 3.8) is 0 Å². The fraction of sp³-hybridized carbons (Fsp3) is 0.0741. The normalized spacial score (nSPS) is 10.9. The number of hydrogen-bond acceptors (Lipinski definition) is 5. The molecule has 0 saturated carbocycles. The van der Waals surface area contributed by atoms with Gasteiger partial charge in [-0.25, -0.2) is 4.98 Å². The molecule has 0 aliphatic rings. The minimum Gasteiger partial charge on any atom is -0.460 e. The number of para-hydroxylation sites is 1. The maximum absolute atomic E-state index is 13.5. The second-order valence-corrected chi connectivity index (χ2v) is 9.98. The number of pyridine rings is 1. The summed E-state index contributed by atoms with van der Waals surface area (Å²) in [6.07, 6.45) is 0. The summed E-state index contributed by atoms with van der Waals surface area (Å²) in [7, 11) is 0. The number of nitrogens with one attached hydrogen (secondary N) is 1. The Hall–Kier alpha value is -3.63. The fourth-order valence-corrected chi connectivity index (χ4v) is 5.50. The molecule has 0 saturated heterocycles. The molecular formula is C27H17Cl2N3O2S. The van der Waals surface area contributed by atoms with Crippen molar-refractivity contribution in [2.75, 3.05) is 5.32 Å². The molecule has 1 amide bonds. The van der Waals surface area contributed by atoms with Crippen LogP contribution in [0.2, 0.25) is 10.0 Å². The van der Waals surface area contributed by atoms with Crippen molar-refractivity contribution >= 4 is 56.3 Å². The van der Waals surface area contributed by atoms with E-state index in [2.05, 4.69) is 16.4 Å². The van der Waals surface area contributed by atoms with Crippen molar-refractivity contribution in [2.45, 2.75) is 13.8 Å². The van der Waals surface area contributed by atoms with Crippen LogP contribution in [0.5, 0.6) is 0 Å². The second kappa shape index (κ2) is 9.20. The molecule has 5 rings (SSSR count). The molecule has 0 aliphatic carbocycles. The SMILES string of the molecule is Cc1ccc(-c2cc(C(=O)Nc3sc(C)c(-c4ccc(Cl)cc4Cl)c3C#N)c3ccccc3n2)o1. The highest BCUT2D eigenvalue weighted by atomic mass is 35.5. The van der Waals surface area contributed by atoms with Gasteiger partial charge in [-0.3, -0.25) is 4.79 Å². The zero-order valence-electron chi connectivity index (χ0n) is 18.6. The van der Waals surface area contributed by atoms with Crippen LogP contribution in [0.3, 0.4) is 0 Å². The maximum atomic E-state index is 13.5. The molecule has 35 heavy (non-hydrogen) atoms. The molecule has 0 bridgehead atoms. The number of nitriles is 1. The van der Waals surface area contributed by atoms with Crippen LogP contribution >= 0.6 is 34.5 Å². The number of fused-ring (bicyclic) bond motifs is 1. The van der Waals surface area contributed by atoms with Gasteiger partial charge < -0.3 is 9.73 Å². The van der Waals surface area contributed by atoms with Gasteiger partial charge in [-0.05, 0) is 50.2 Å². The third-order valence-electron chi connectivity index (χ3n) is 5.58. The molecule has 5 aromatic rings. The number of benzene rings is 2. The van der Waals surface area contributed by atoms with Gasteiger partial charge in [0.1, 0.15) is 22.5 Å². The number of rotatable bonds is 4. The van der Waals surface area contributed by atoms with Gasteiger partial charge >= 0.3 is 0 Å². The first-order valence-corrected chi connectivity index (χ1v) is 12.2. The lowest BCUT2D eigenvalue weighted by Gasteiger charge is -2.09. The van der Waals surface area contributed by atoms with Crippen LogP contribution in [0.25, 0.3) is 33.5 Å². The average Bonchev–Trinajstić information content (AvgIpc) is 3.40. The van der Waals surface area contributed by atoms with Crippen molar-refractivity contribution in [2.24, 2.45) is 0 Å². The van der Waals surface area contributed by atoms with E-state index in [0.29, 0.717) is 59.7 Å². The van der Waals surface area contributed by atoms with Crippen LogP contribution in [0.1, 0.15) is 26.6 Å². The smallest absolute Gasteiger partial charge is 0.257 e. The highest BCUT2D eigenvalue weighted by molar-refractivity contribution is 7.17. The van der Waals surface area contributed by atoms with Gasteiger partial charge in [0.05, 0.1) is 16.6 Å². The molecule has 3 heterocycles. The van der Waals surface area contributed by atoms with E-state index in [1.54, 1.807) is 24.3 Å². The third kappa shape index (κ3) is 4.30. The quantitative estimate of drug-likeness (QED) is 0.260. The summed E-state index contributed by atoms with van der Waals surface area (Å²) >= 11 is 13.8. The van der Waals surface area contributed by atoms with Crippen molar-refractivity contribution in [1.29, 1.82) is 5.26 Å². The van der Waals surface area contributed by atoms with Crippen LogP contribution < -0.4 is 5.32 Å². The van der Waals surface area contributed by atoms with Crippen molar-refractivity contribution in [3.05, 3.63) is 92.5 Å². The molecule has 0 unspecified atom stereocenters. The largest absolute Gasteiger partial charge is 0.460 e. The van der Waals surface area contributed by atoms with Crippen LogP contribution in [0.4, 0.5) is 5.00 Å². The highest BCUT2D eigenvalue weighted by Crippen LogP contribution is 2.43. The lowest BCUT2D eigenvalue weighted by Crippen LogP contribution is -2.13. The maximum Gasteiger partial charge on any atom is 0.257 e. The number of furan rings is 1. The summed E-state index contributed by atoms with van der Waals surface area (Å²) in [5.74, 6) is 0.980. The van der Waals surface area contributed by atoms with E-state index in [0.717, 1.165) is 10.6 Å². The number of carbonyl (C=O) groups is 1. The lowest BCUT2D eigenvalue weighted by atomic mass is 10.0. The van der Waals surface area contributed by atoms with Gasteiger partial charge in [0, 0.05) is 31.4 Å². The molecule has 0 fully saturated rings. The fourth-order valence-electron chi connectivity index (χ4n) is 3.99. The number of anilines is 1. The van der Waals surface area contributed by atoms with E-state index in [1.165, 1.54) is 11.3 Å². The first kappa shape index (κ1) is 23.1. The number of aromatic nitrogens is 1. The molecule has 0 atom stereocenters. The van der Waals surface area contributed by atoms with Gasteiger partial charge in [0.25, 0.3) is 5.91 Å². The summed E-state index contributed by atoms with van der Waals surface area (Å²) in [4.78, 5) is 19.1. The van der Waals surface area contributed by atoms with E-state index in [-0.39, 0.29) is 5.91 Å². The van der Waals surface area contributed by atoms with Crippen LogP contribution in [0, 0.1) is 25.2 Å². The van der Waals surface area contributed by atoms with Crippen molar-refractivity contribution < 1.29 is 9.21 Å². The van der Waals surface area contributed by atoms with E-state index in [9.17, 15) is 10.1 Å². The Morgan fingerprint density at radius 3 is 2.60 bits per heavy atom. The number of thiophene rings is 1. The molecule has 3 aromatic heterocycles. The predicted molar refractivity (Wildman–Crippen MR) is 141 cm³/mol. The molecule has 0 radical (unpaired) electrons. The van der Waals surface area contributed by atoms with E-state index < -0.39 is 0 Å². The zero-order valence-corrected chi connectivity index (χ0v) is 21.0. The van der Waals surface area contributed by atoms with Crippen LogP contribution in [-0.2, 0) is 0 Å². The number of amides is 1. The first-order valence-electron chi connectivity index (χ1n) is 10.6. The molecule has 2 aromatic carbocycles. The predicted octanol–water partition coefficient (Wildman–Crippen LogP) is 8.27. The topological polar surface area (TPSA) is 78.9 Å². The highest BCUT2D eigenvalue weighted by Gasteiger charge is 2.22. The molecule has 1 N–H and O–H groups in total. The summed E-state index contributed by atoms with van der Waals surface area (Å²) in [6, 6.07) is 20.2. The van der Waals surface area contributed by atoms with Gasteiger partial charge in [-0.1, -0.05) is 47.5 Å². The lowest BCUT2D eigenvalue weighted by molar-refractivity contribution is 0.102. The molecule has 5 nitrogen and oxygen atoms in total. The van der Waals surface area contributed by atoms with Crippen LogP contribution in [-0.4, -0.2) is 10.9 Å². The Bertz CT molecular complexity index is 1660. The number of carbonyl (C=O) groups excluding carboxylic acids is 1. The van der Waals surface area contributed by atoms with Gasteiger partial charge in [-0.15, -0.1) is 11.3 Å². The van der Waals surface area contributed by atoms with Gasteiger partial charge in [0.15, 0.2) is 5.76 Å². The molecular weight excluding hydrogens is 501 g/mol. The number of nitrogens with zero attached hydrogens (tertiary/aromatic N) is 2. The van der Waals surface area contributed by atoms with E-state index >= 15 is 0 Å².